The quantitative estimate of drug-likeness (QED) is 0.470. The number of benzene rings is 2. The van der Waals surface area contributed by atoms with Gasteiger partial charge in [-0.25, -0.2) is 8.42 Å². The highest BCUT2D eigenvalue weighted by Gasteiger charge is 2.32. The number of hydrogen-bond donors (Lipinski definition) is 0. The van der Waals surface area contributed by atoms with Crippen molar-refractivity contribution in [2.45, 2.75) is 49.3 Å². The summed E-state index contributed by atoms with van der Waals surface area (Å²) >= 11 is 0. The molecule has 0 radical (unpaired) electrons. The maximum Gasteiger partial charge on any atom is 0.573 e. The molecule has 0 saturated carbocycles. The monoisotopic (exact) mass is 442 g/mol. The molecule has 5 nitrogen and oxygen atoms in total. The molecule has 3 rings (SSSR count). The lowest BCUT2D eigenvalue weighted by molar-refractivity contribution is -0.274. The van der Waals surface area contributed by atoms with E-state index in [1.54, 1.807) is 0 Å². The van der Waals surface area contributed by atoms with E-state index in [0.717, 1.165) is 29.9 Å². The molecule has 1 heterocycles. The molecule has 0 amide bonds. The molecule has 0 unspecified atom stereocenters. The fourth-order valence-corrected chi connectivity index (χ4v) is 4.68. The molecule has 0 saturated heterocycles. The molecule has 0 atom stereocenters. The maximum absolute atomic E-state index is 13.2. The third-order valence-corrected chi connectivity index (χ3v) is 6.36. The van der Waals surface area contributed by atoms with Crippen LogP contribution in [0.15, 0.2) is 50.6 Å². The number of methoxy groups -OCH3 is 1. The average Bonchev–Trinajstić information content (AvgIpc) is 3.03. The lowest BCUT2D eigenvalue weighted by Gasteiger charge is -2.11. The van der Waals surface area contributed by atoms with Crippen LogP contribution in [0.2, 0.25) is 0 Å². The summed E-state index contributed by atoms with van der Waals surface area (Å²) < 4.78 is 79.0. The summed E-state index contributed by atoms with van der Waals surface area (Å²) in [7, 11) is -2.74. The Morgan fingerprint density at radius 3 is 2.40 bits per heavy atom. The summed E-state index contributed by atoms with van der Waals surface area (Å²) in [5.74, 6) is 0.397. The van der Waals surface area contributed by atoms with Gasteiger partial charge in [0.1, 0.15) is 11.5 Å². The molecule has 0 N–H and O–H groups in total. The van der Waals surface area contributed by atoms with Crippen molar-refractivity contribution in [3.05, 3.63) is 47.7 Å². The zero-order valence-corrected chi connectivity index (χ0v) is 17.5. The minimum atomic E-state index is -4.92. The van der Waals surface area contributed by atoms with Gasteiger partial charge in [-0.15, -0.1) is 13.2 Å². The molecule has 2 aromatic carbocycles. The van der Waals surface area contributed by atoms with E-state index >= 15 is 0 Å². The molecule has 1 aromatic heterocycles. The molecule has 0 fully saturated rings. The number of fused-ring (bicyclic) bond motifs is 1. The number of hydrogen-bond acceptors (Lipinski definition) is 5. The Balaban J connectivity index is 2.17. The van der Waals surface area contributed by atoms with Gasteiger partial charge in [0.25, 0.3) is 0 Å². The standard InChI is InChI=1S/C21H21F3O5S/c1-4-7-18-16(5-2)17-11-15(12-19(27-3)20(17)28-18)30(25,26)14-9-6-8-13(10-14)29-21(22,23)24/h6,8-12H,4-5,7H2,1-3H3. The summed E-state index contributed by atoms with van der Waals surface area (Å²) in [6.07, 6.45) is -2.75. The summed E-state index contributed by atoms with van der Waals surface area (Å²) in [6.45, 7) is 3.95. The van der Waals surface area contributed by atoms with E-state index in [0.29, 0.717) is 23.8 Å². The van der Waals surface area contributed by atoms with E-state index in [2.05, 4.69) is 4.74 Å². The molecule has 0 aliphatic carbocycles. The molecule has 0 bridgehead atoms. The smallest absolute Gasteiger partial charge is 0.493 e. The minimum absolute atomic E-state index is 0.102. The Hall–Kier alpha value is -2.68. The predicted octanol–water partition coefficient (Wildman–Crippen LogP) is 5.69. The number of sulfone groups is 1. The van der Waals surface area contributed by atoms with Gasteiger partial charge < -0.3 is 13.9 Å². The normalized spacial score (nSPS) is 12.3. The van der Waals surface area contributed by atoms with Crippen LogP contribution in [-0.2, 0) is 22.7 Å². The molecular weight excluding hydrogens is 421 g/mol. The molecular formula is C21H21F3O5S. The number of alkyl halides is 3. The van der Waals surface area contributed by atoms with Gasteiger partial charge in [0.15, 0.2) is 11.3 Å². The van der Waals surface area contributed by atoms with Crippen molar-refractivity contribution in [1.82, 2.24) is 0 Å². The number of aryl methyl sites for hydroxylation is 2. The fraction of sp³-hybridized carbons (Fsp3) is 0.333. The lowest BCUT2D eigenvalue weighted by atomic mass is 10.1. The number of rotatable bonds is 7. The Morgan fingerprint density at radius 1 is 1.07 bits per heavy atom. The first kappa shape index (κ1) is 22.0. The van der Waals surface area contributed by atoms with E-state index < -0.39 is 21.9 Å². The van der Waals surface area contributed by atoms with Crippen LogP contribution < -0.4 is 9.47 Å². The zero-order valence-electron chi connectivity index (χ0n) is 16.7. The first-order valence-electron chi connectivity index (χ1n) is 9.33. The van der Waals surface area contributed by atoms with Crippen LogP contribution in [0.25, 0.3) is 11.0 Å². The molecule has 0 aliphatic rings. The SMILES string of the molecule is CCCc1oc2c(OC)cc(S(=O)(=O)c3cccc(OC(F)(F)F)c3)cc2c1CC. The first-order valence-corrected chi connectivity index (χ1v) is 10.8. The number of ether oxygens (including phenoxy) is 2. The second kappa shape index (κ2) is 8.22. The second-order valence-electron chi connectivity index (χ2n) is 6.64. The molecule has 30 heavy (non-hydrogen) atoms. The number of halogens is 3. The minimum Gasteiger partial charge on any atom is -0.493 e. The van der Waals surface area contributed by atoms with Crippen molar-refractivity contribution in [2.75, 3.05) is 7.11 Å². The van der Waals surface area contributed by atoms with Crippen molar-refractivity contribution in [3.63, 3.8) is 0 Å². The van der Waals surface area contributed by atoms with Gasteiger partial charge in [-0.2, -0.15) is 0 Å². The van der Waals surface area contributed by atoms with Crippen LogP contribution in [0, 0.1) is 0 Å². The summed E-state index contributed by atoms with van der Waals surface area (Å²) in [5.41, 5.74) is 1.34. The third kappa shape index (κ3) is 4.26. The molecule has 3 aromatic rings. The van der Waals surface area contributed by atoms with Gasteiger partial charge in [-0.1, -0.05) is 19.9 Å². The van der Waals surface area contributed by atoms with Gasteiger partial charge in [0.2, 0.25) is 9.84 Å². The van der Waals surface area contributed by atoms with Crippen LogP contribution >= 0.6 is 0 Å². The molecule has 9 heteroatoms. The van der Waals surface area contributed by atoms with E-state index in [-0.39, 0.29) is 15.5 Å². The Kier molecular flexibility index (Phi) is 6.03. The van der Waals surface area contributed by atoms with Crippen molar-refractivity contribution in [1.29, 1.82) is 0 Å². The molecule has 0 spiro atoms. The maximum atomic E-state index is 13.2. The highest BCUT2D eigenvalue weighted by Crippen LogP contribution is 2.38. The lowest BCUT2D eigenvalue weighted by Crippen LogP contribution is -2.17. The van der Waals surface area contributed by atoms with Crippen molar-refractivity contribution >= 4 is 20.8 Å². The van der Waals surface area contributed by atoms with E-state index in [9.17, 15) is 21.6 Å². The average molecular weight is 442 g/mol. The van der Waals surface area contributed by atoms with Gasteiger partial charge in [-0.3, -0.25) is 0 Å². The highest BCUT2D eigenvalue weighted by atomic mass is 32.2. The molecule has 0 aliphatic heterocycles. The summed E-state index contributed by atoms with van der Waals surface area (Å²) in [4.78, 5) is -0.421. The summed E-state index contributed by atoms with van der Waals surface area (Å²) in [6, 6.07) is 7.09. The van der Waals surface area contributed by atoms with Gasteiger partial charge in [0.05, 0.1) is 16.9 Å². The van der Waals surface area contributed by atoms with Gasteiger partial charge in [-0.05, 0) is 37.1 Å². The summed E-state index contributed by atoms with van der Waals surface area (Å²) in [5, 5.41) is 0.613. The van der Waals surface area contributed by atoms with Crippen molar-refractivity contribution < 1.29 is 35.5 Å². The van der Waals surface area contributed by atoms with E-state index in [1.807, 2.05) is 13.8 Å². The Morgan fingerprint density at radius 2 is 1.80 bits per heavy atom. The van der Waals surface area contributed by atoms with Gasteiger partial charge >= 0.3 is 6.36 Å². The van der Waals surface area contributed by atoms with Crippen LogP contribution in [0.4, 0.5) is 13.2 Å². The Labute approximate surface area is 172 Å². The van der Waals surface area contributed by atoms with Crippen LogP contribution in [-0.4, -0.2) is 21.9 Å². The topological polar surface area (TPSA) is 65.7 Å². The van der Waals surface area contributed by atoms with Gasteiger partial charge in [0, 0.05) is 23.4 Å². The largest absolute Gasteiger partial charge is 0.573 e. The second-order valence-corrected chi connectivity index (χ2v) is 8.59. The Bertz CT molecular complexity index is 1160. The first-order chi connectivity index (χ1) is 14.1. The molecule has 162 valence electrons. The van der Waals surface area contributed by atoms with E-state index in [4.69, 9.17) is 9.15 Å². The number of furan rings is 1. The van der Waals surface area contributed by atoms with Crippen molar-refractivity contribution in [3.8, 4) is 11.5 Å². The third-order valence-electron chi connectivity index (χ3n) is 4.63. The van der Waals surface area contributed by atoms with Crippen LogP contribution in [0.1, 0.15) is 31.6 Å². The van der Waals surface area contributed by atoms with Crippen LogP contribution in [0.3, 0.4) is 0 Å². The predicted molar refractivity (Wildman–Crippen MR) is 105 cm³/mol. The zero-order chi connectivity index (χ0) is 22.1. The van der Waals surface area contributed by atoms with Crippen molar-refractivity contribution in [2.24, 2.45) is 0 Å². The van der Waals surface area contributed by atoms with Crippen LogP contribution in [0.5, 0.6) is 11.5 Å². The fourth-order valence-electron chi connectivity index (χ4n) is 3.34. The van der Waals surface area contributed by atoms with E-state index in [1.165, 1.54) is 31.4 Å². The highest BCUT2D eigenvalue weighted by molar-refractivity contribution is 7.91.